The first-order valence-electron chi connectivity index (χ1n) is 7.32. The Balaban J connectivity index is 0. The quantitative estimate of drug-likeness (QED) is 0.154. The Labute approximate surface area is 194 Å². The van der Waals surface area contributed by atoms with E-state index in [0.29, 0.717) is 12.1 Å². The van der Waals surface area contributed by atoms with Crippen molar-refractivity contribution in [3.05, 3.63) is 42.3 Å². The first-order chi connectivity index (χ1) is 14.4. The Bertz CT molecular complexity index is 823. The minimum absolute atomic E-state index is 0. The first-order valence-corrected chi connectivity index (χ1v) is 7.32. The largest absolute Gasteiger partial charge is 2.00 e. The molecule has 0 saturated carbocycles. The number of halogens is 17. The van der Waals surface area contributed by atoms with Gasteiger partial charge in [-0.25, -0.2) is 8.78 Å². The van der Waals surface area contributed by atoms with E-state index in [1.807, 2.05) is 0 Å². The molecule has 0 aliphatic rings. The molecule has 0 heterocycles. The maximum Gasteiger partial charge on any atom is 2.00 e. The first kappa shape index (κ1) is 34.5. The fourth-order valence-electron chi connectivity index (χ4n) is 1.93. The van der Waals surface area contributed by atoms with Crippen LogP contribution in [0.1, 0.15) is 5.56 Å². The van der Waals surface area contributed by atoms with E-state index in [4.69, 9.17) is 6.42 Å². The molecular formula is C16H5F17Mg. The van der Waals surface area contributed by atoms with Crippen LogP contribution >= 0.6 is 0 Å². The molecule has 0 bridgehead atoms. The van der Waals surface area contributed by atoms with Crippen LogP contribution in [-0.2, 0) is 5.92 Å². The number of rotatable bonds is 7. The second kappa shape index (κ2) is 9.78. The van der Waals surface area contributed by atoms with Gasteiger partial charge in [0.25, 0.3) is 0 Å². The smallest absolute Gasteiger partial charge is 0.697 e. The molecule has 1 aromatic carbocycles. The van der Waals surface area contributed by atoms with Crippen molar-refractivity contribution in [2.45, 2.75) is 47.6 Å². The summed E-state index contributed by atoms with van der Waals surface area (Å²) in [6, 6.07) is 2.29. The van der Waals surface area contributed by atoms with Crippen LogP contribution in [0, 0.1) is 18.9 Å². The van der Waals surface area contributed by atoms with Gasteiger partial charge in [-0.1, -0.05) is 5.56 Å². The fraction of sp³-hybridized carbons (Fsp3) is 0.500. The topological polar surface area (TPSA) is 0 Å². The summed E-state index contributed by atoms with van der Waals surface area (Å²) in [5.41, 5.74) is -2.29. The van der Waals surface area contributed by atoms with Gasteiger partial charge in [0.15, 0.2) is 0 Å². The van der Waals surface area contributed by atoms with Crippen molar-refractivity contribution in [3.63, 3.8) is 0 Å². The third kappa shape index (κ3) is 4.61. The fourth-order valence-corrected chi connectivity index (χ4v) is 1.93. The molecule has 34 heavy (non-hydrogen) atoms. The summed E-state index contributed by atoms with van der Waals surface area (Å²) in [6.07, 6.45) is 1.23. The van der Waals surface area contributed by atoms with Crippen LogP contribution in [0.5, 0.6) is 0 Å². The molecule has 1 aromatic rings. The molecule has 0 radical (unpaired) electrons. The predicted octanol–water partition coefficient (Wildman–Crippen LogP) is 6.78. The average Bonchev–Trinajstić information content (AvgIpc) is 2.68. The zero-order valence-electron chi connectivity index (χ0n) is 15.5. The molecule has 190 valence electrons. The number of hydrogen-bond acceptors (Lipinski definition) is 0. The van der Waals surface area contributed by atoms with Crippen LogP contribution in [0.2, 0.25) is 0 Å². The zero-order chi connectivity index (χ0) is 27.1. The summed E-state index contributed by atoms with van der Waals surface area (Å²) in [5, 5.41) is 0. The van der Waals surface area contributed by atoms with E-state index >= 15 is 0 Å². The van der Waals surface area contributed by atoms with Gasteiger partial charge in [-0.15, -0.1) is 0 Å². The SMILES string of the molecule is FC(F)(F)C(F)(F)C(F)(F)C(F)(F)C(F)(F)C(F)(F)C(F)(F)C(F)(F)c1c[c-]ccc1.[C-]#C.[Mg+2]. The molecule has 0 aliphatic heterocycles. The zero-order valence-corrected chi connectivity index (χ0v) is 16.9. The summed E-state index contributed by atoms with van der Waals surface area (Å²) in [4.78, 5) is 0. The van der Waals surface area contributed by atoms with Gasteiger partial charge in [-0.2, -0.15) is 96.2 Å². The standard InChI is InChI=1S/C14H4F17.C2H.Mg/c15-7(16,6-4-2-1-3-5-6)8(17,18)9(19,20)10(21,22)11(23,24)12(25,26)13(27,28)14(29,30)31;1-2;/h1-2,4-5H;1H;/q2*-1;+2. The minimum atomic E-state index is -8.62. The van der Waals surface area contributed by atoms with Crippen molar-refractivity contribution in [1.82, 2.24) is 0 Å². The van der Waals surface area contributed by atoms with Gasteiger partial charge in [0.05, 0.1) is 0 Å². The molecule has 0 spiro atoms. The van der Waals surface area contributed by atoms with E-state index in [-0.39, 0.29) is 35.2 Å². The Morgan fingerprint density at radius 3 is 1.18 bits per heavy atom. The summed E-state index contributed by atoms with van der Waals surface area (Å²) in [5.74, 6) is -56.4. The van der Waals surface area contributed by atoms with Crippen LogP contribution in [0.3, 0.4) is 0 Å². The molecule has 0 nitrogen and oxygen atoms in total. The van der Waals surface area contributed by atoms with Gasteiger partial charge in [0, 0.05) is 0 Å². The summed E-state index contributed by atoms with van der Waals surface area (Å²) >= 11 is 0. The van der Waals surface area contributed by atoms with E-state index in [9.17, 15) is 74.6 Å². The van der Waals surface area contributed by atoms with E-state index in [1.165, 1.54) is 0 Å². The predicted molar refractivity (Wildman–Crippen MR) is 78.9 cm³/mol. The van der Waals surface area contributed by atoms with Gasteiger partial charge in [-0.05, 0) is 0 Å². The molecule has 0 N–H and O–H groups in total. The number of alkyl halides is 17. The van der Waals surface area contributed by atoms with Crippen LogP contribution in [-0.4, -0.2) is 64.8 Å². The van der Waals surface area contributed by atoms with Crippen molar-refractivity contribution >= 4 is 23.1 Å². The third-order valence-electron chi connectivity index (χ3n) is 3.79. The molecule has 0 unspecified atom stereocenters. The summed E-state index contributed by atoms with van der Waals surface area (Å²) in [7, 11) is 0. The molecule has 0 aromatic heterocycles. The molecule has 0 saturated heterocycles. The Morgan fingerprint density at radius 1 is 0.559 bits per heavy atom. The van der Waals surface area contributed by atoms with Crippen molar-refractivity contribution in [2.75, 3.05) is 0 Å². The third-order valence-corrected chi connectivity index (χ3v) is 3.79. The molecule has 0 aliphatic carbocycles. The Morgan fingerprint density at radius 2 is 0.882 bits per heavy atom. The van der Waals surface area contributed by atoms with Gasteiger partial charge >= 0.3 is 70.7 Å². The maximum atomic E-state index is 13.7. The van der Waals surface area contributed by atoms with Crippen molar-refractivity contribution in [1.29, 1.82) is 0 Å². The molecular weight excluding hydrogens is 539 g/mol. The molecule has 0 fully saturated rings. The monoisotopic (exact) mass is 544 g/mol. The average molecular weight is 544 g/mol. The number of terminal acetylenes is 1. The minimum Gasteiger partial charge on any atom is -0.697 e. The van der Waals surface area contributed by atoms with Gasteiger partial charge in [0.2, 0.25) is 0 Å². The van der Waals surface area contributed by atoms with Crippen molar-refractivity contribution < 1.29 is 74.6 Å². The Hall–Kier alpha value is -1.64. The van der Waals surface area contributed by atoms with Crippen LogP contribution in [0.4, 0.5) is 74.6 Å². The van der Waals surface area contributed by atoms with E-state index in [2.05, 4.69) is 6.42 Å². The van der Waals surface area contributed by atoms with Crippen LogP contribution < -0.4 is 0 Å². The van der Waals surface area contributed by atoms with Crippen molar-refractivity contribution in [2.24, 2.45) is 0 Å². The second-order valence-electron chi connectivity index (χ2n) is 5.81. The van der Waals surface area contributed by atoms with E-state index in [0.717, 1.165) is 0 Å². The molecule has 18 heteroatoms. The second-order valence-corrected chi connectivity index (χ2v) is 5.81. The van der Waals surface area contributed by atoms with Gasteiger partial charge in [0.1, 0.15) is 0 Å². The Kier molecular flexibility index (Phi) is 9.93. The summed E-state index contributed by atoms with van der Waals surface area (Å²) < 4.78 is 222. The van der Waals surface area contributed by atoms with Crippen LogP contribution in [0.25, 0.3) is 0 Å². The van der Waals surface area contributed by atoms with Crippen LogP contribution in [0.15, 0.2) is 24.3 Å². The number of hydrogen-bond donors (Lipinski definition) is 0. The van der Waals surface area contributed by atoms with Crippen molar-refractivity contribution in [3.8, 4) is 6.42 Å². The molecule has 1 rings (SSSR count). The van der Waals surface area contributed by atoms with Gasteiger partial charge < -0.3 is 12.8 Å². The maximum absolute atomic E-state index is 13.7. The molecule has 0 amide bonds. The van der Waals surface area contributed by atoms with E-state index < -0.39 is 53.2 Å². The number of benzene rings is 1. The molecule has 0 atom stereocenters. The normalized spacial score (nSPS) is 14.6. The van der Waals surface area contributed by atoms with E-state index in [1.54, 1.807) is 6.07 Å². The van der Waals surface area contributed by atoms with Gasteiger partial charge in [-0.3, -0.25) is 0 Å². The summed E-state index contributed by atoms with van der Waals surface area (Å²) in [6.45, 7) is 0.